The van der Waals surface area contributed by atoms with E-state index in [4.69, 9.17) is 23.2 Å². The number of carbonyl (C=O) groups is 3. The van der Waals surface area contributed by atoms with Crippen molar-refractivity contribution in [2.75, 3.05) is 13.1 Å². The van der Waals surface area contributed by atoms with Crippen molar-refractivity contribution >= 4 is 50.9 Å². The molecule has 0 unspecified atom stereocenters. The van der Waals surface area contributed by atoms with Gasteiger partial charge in [-0.2, -0.15) is 0 Å². The highest BCUT2D eigenvalue weighted by molar-refractivity contribution is 7.90. The van der Waals surface area contributed by atoms with Crippen molar-refractivity contribution in [1.29, 1.82) is 0 Å². The Kier molecular flexibility index (Phi) is 9.03. The average Bonchev–Trinajstić information content (AvgIpc) is 3.03. The molecule has 0 fully saturated rings. The van der Waals surface area contributed by atoms with Gasteiger partial charge in [0.15, 0.2) is 0 Å². The lowest BCUT2D eigenvalue weighted by Crippen LogP contribution is -2.50. The third-order valence-electron chi connectivity index (χ3n) is 5.85. The molecular formula is C25H29Cl2N3O5S. The number of amides is 3. The Morgan fingerprint density at radius 3 is 2.39 bits per heavy atom. The van der Waals surface area contributed by atoms with Crippen LogP contribution >= 0.6 is 23.2 Å². The number of carbonyl (C=O) groups excluding carboxylic acids is 3. The fourth-order valence-corrected chi connectivity index (χ4v) is 5.86. The standard InChI is InChI=1S/C25H29Cl2N3O5S/c1-4-21(24(32)28-14-16(2)3)29(15-17-9-10-19(26)20(27)13-17)23(31)11-12-30-25(33)18-7-5-6-8-22(18)36(30,34)35/h5-10,13,16,21H,4,11-12,14-15H2,1-3H3,(H,28,32)/t21-/m0/s1. The van der Waals surface area contributed by atoms with Crippen LogP contribution in [0.25, 0.3) is 0 Å². The van der Waals surface area contributed by atoms with Crippen molar-refractivity contribution in [2.24, 2.45) is 5.92 Å². The quantitative estimate of drug-likeness (QED) is 0.476. The minimum Gasteiger partial charge on any atom is -0.354 e. The van der Waals surface area contributed by atoms with Crippen LogP contribution in [0.2, 0.25) is 10.0 Å². The fourth-order valence-electron chi connectivity index (χ4n) is 3.97. The number of hydrogen-bond donors (Lipinski definition) is 1. The summed E-state index contributed by atoms with van der Waals surface area (Å²) in [6.45, 7) is 5.89. The summed E-state index contributed by atoms with van der Waals surface area (Å²) in [4.78, 5) is 40.5. The van der Waals surface area contributed by atoms with Gasteiger partial charge in [0.25, 0.3) is 15.9 Å². The van der Waals surface area contributed by atoms with Crippen LogP contribution in [-0.2, 0) is 26.2 Å². The first-order valence-electron chi connectivity index (χ1n) is 11.6. The Morgan fingerprint density at radius 1 is 1.08 bits per heavy atom. The van der Waals surface area contributed by atoms with Gasteiger partial charge in [-0.05, 0) is 42.2 Å². The van der Waals surface area contributed by atoms with E-state index in [1.807, 2.05) is 13.8 Å². The molecule has 1 aliphatic heterocycles. The second kappa shape index (κ2) is 11.6. The van der Waals surface area contributed by atoms with Gasteiger partial charge in [-0.1, -0.05) is 62.2 Å². The van der Waals surface area contributed by atoms with E-state index in [9.17, 15) is 22.8 Å². The maximum atomic E-state index is 13.4. The zero-order chi connectivity index (χ0) is 26.6. The van der Waals surface area contributed by atoms with Crippen LogP contribution in [0.1, 0.15) is 49.5 Å². The Morgan fingerprint density at radius 2 is 1.78 bits per heavy atom. The number of sulfonamides is 1. The Labute approximate surface area is 221 Å². The van der Waals surface area contributed by atoms with E-state index in [2.05, 4.69) is 5.32 Å². The molecule has 0 radical (unpaired) electrons. The van der Waals surface area contributed by atoms with Gasteiger partial charge >= 0.3 is 0 Å². The summed E-state index contributed by atoms with van der Waals surface area (Å²) in [6.07, 6.45) is 0.0532. The van der Waals surface area contributed by atoms with E-state index in [0.29, 0.717) is 32.9 Å². The predicted molar refractivity (Wildman–Crippen MR) is 138 cm³/mol. The number of fused-ring (bicyclic) bond motifs is 1. The topological polar surface area (TPSA) is 104 Å². The van der Waals surface area contributed by atoms with Gasteiger partial charge in [0.05, 0.1) is 15.6 Å². The minimum absolute atomic E-state index is 0.0598. The first-order chi connectivity index (χ1) is 17.0. The maximum Gasteiger partial charge on any atom is 0.269 e. The zero-order valence-corrected chi connectivity index (χ0v) is 22.7. The van der Waals surface area contributed by atoms with Crippen molar-refractivity contribution in [3.8, 4) is 0 Å². The molecule has 2 aromatic carbocycles. The first-order valence-corrected chi connectivity index (χ1v) is 13.8. The maximum absolute atomic E-state index is 13.4. The molecule has 11 heteroatoms. The summed E-state index contributed by atoms with van der Waals surface area (Å²) < 4.78 is 26.5. The van der Waals surface area contributed by atoms with E-state index >= 15 is 0 Å². The molecule has 0 aromatic heterocycles. The highest BCUT2D eigenvalue weighted by Gasteiger charge is 2.41. The van der Waals surface area contributed by atoms with Crippen molar-refractivity contribution in [1.82, 2.24) is 14.5 Å². The molecular weight excluding hydrogens is 525 g/mol. The molecule has 1 heterocycles. The summed E-state index contributed by atoms with van der Waals surface area (Å²) in [6, 6.07) is 10.1. The second-order valence-electron chi connectivity index (χ2n) is 8.96. The molecule has 1 atom stereocenters. The lowest BCUT2D eigenvalue weighted by atomic mass is 10.1. The molecule has 194 valence electrons. The number of halogens is 2. The molecule has 0 saturated heterocycles. The molecule has 3 rings (SSSR count). The van der Waals surface area contributed by atoms with Crippen LogP contribution in [0, 0.1) is 5.92 Å². The van der Waals surface area contributed by atoms with Crippen molar-refractivity contribution < 1.29 is 22.8 Å². The van der Waals surface area contributed by atoms with Crippen LogP contribution in [0.4, 0.5) is 0 Å². The molecule has 0 bridgehead atoms. The van der Waals surface area contributed by atoms with E-state index in [-0.39, 0.29) is 41.8 Å². The van der Waals surface area contributed by atoms with Gasteiger partial charge in [-0.25, -0.2) is 12.7 Å². The lowest BCUT2D eigenvalue weighted by Gasteiger charge is -2.31. The Hall–Kier alpha value is -2.62. The smallest absolute Gasteiger partial charge is 0.269 e. The molecule has 2 aromatic rings. The number of nitrogens with one attached hydrogen (secondary N) is 1. The summed E-state index contributed by atoms with van der Waals surface area (Å²) >= 11 is 12.2. The fraction of sp³-hybridized carbons (Fsp3) is 0.400. The monoisotopic (exact) mass is 553 g/mol. The van der Waals surface area contributed by atoms with Crippen molar-refractivity contribution in [3.63, 3.8) is 0 Å². The van der Waals surface area contributed by atoms with Gasteiger partial charge in [0.1, 0.15) is 10.9 Å². The molecule has 0 spiro atoms. The third-order valence-corrected chi connectivity index (χ3v) is 8.43. The largest absolute Gasteiger partial charge is 0.354 e. The second-order valence-corrected chi connectivity index (χ2v) is 11.6. The minimum atomic E-state index is -4.04. The molecule has 8 nitrogen and oxygen atoms in total. The number of nitrogens with zero attached hydrogens (tertiary/aromatic N) is 2. The predicted octanol–water partition coefficient (Wildman–Crippen LogP) is 4.11. The average molecular weight is 554 g/mol. The molecule has 1 N–H and O–H groups in total. The highest BCUT2D eigenvalue weighted by Crippen LogP contribution is 2.30. The van der Waals surface area contributed by atoms with E-state index in [1.54, 1.807) is 37.3 Å². The van der Waals surface area contributed by atoms with Crippen LogP contribution in [0.3, 0.4) is 0 Å². The van der Waals surface area contributed by atoms with E-state index in [1.165, 1.54) is 17.0 Å². The summed E-state index contributed by atoms with van der Waals surface area (Å²) in [5, 5.41) is 3.53. The third kappa shape index (κ3) is 6.02. The van der Waals surface area contributed by atoms with E-state index in [0.717, 1.165) is 0 Å². The van der Waals surface area contributed by atoms with Gasteiger partial charge in [0, 0.05) is 26.1 Å². The number of benzene rings is 2. The van der Waals surface area contributed by atoms with Crippen molar-refractivity contribution in [2.45, 2.75) is 51.1 Å². The Bertz CT molecular complexity index is 1270. The van der Waals surface area contributed by atoms with Crippen molar-refractivity contribution in [3.05, 3.63) is 63.6 Å². The van der Waals surface area contributed by atoms with Crippen LogP contribution in [0.15, 0.2) is 47.4 Å². The van der Waals surface area contributed by atoms with Gasteiger partial charge < -0.3 is 10.2 Å². The number of hydrogen-bond acceptors (Lipinski definition) is 5. The van der Waals surface area contributed by atoms with Crippen LogP contribution in [0.5, 0.6) is 0 Å². The summed E-state index contributed by atoms with van der Waals surface area (Å²) in [5.74, 6) is -1.22. The normalized spacial score (nSPS) is 15.1. The first kappa shape index (κ1) is 28.0. The van der Waals surface area contributed by atoms with Gasteiger partial charge in [0.2, 0.25) is 11.8 Å². The highest BCUT2D eigenvalue weighted by atomic mass is 35.5. The summed E-state index contributed by atoms with van der Waals surface area (Å²) in [7, 11) is -4.04. The molecule has 0 saturated carbocycles. The summed E-state index contributed by atoms with van der Waals surface area (Å²) in [5.41, 5.74) is 0.738. The lowest BCUT2D eigenvalue weighted by molar-refractivity contribution is -0.141. The Balaban J connectivity index is 1.84. The van der Waals surface area contributed by atoms with Crippen LogP contribution < -0.4 is 5.32 Å². The molecule has 3 amide bonds. The van der Waals surface area contributed by atoms with Gasteiger partial charge in [-0.3, -0.25) is 14.4 Å². The number of rotatable bonds is 10. The molecule has 1 aliphatic rings. The van der Waals surface area contributed by atoms with Gasteiger partial charge in [-0.15, -0.1) is 0 Å². The molecule has 0 aliphatic carbocycles. The zero-order valence-electron chi connectivity index (χ0n) is 20.3. The molecule has 36 heavy (non-hydrogen) atoms. The van der Waals surface area contributed by atoms with Crippen LogP contribution in [-0.4, -0.2) is 54.5 Å². The van der Waals surface area contributed by atoms with E-state index < -0.39 is 27.9 Å². The SMILES string of the molecule is CC[C@@H](C(=O)NCC(C)C)N(Cc1ccc(Cl)c(Cl)c1)C(=O)CCN1C(=O)c2ccccc2S1(=O)=O.